The molecule has 1 rings (SSSR count). The van der Waals surface area contributed by atoms with Gasteiger partial charge in [0, 0.05) is 12.0 Å². The molecular formula is C13H18N2O3. The summed E-state index contributed by atoms with van der Waals surface area (Å²) in [6.07, 6.45) is 0.811. The van der Waals surface area contributed by atoms with Crippen LogP contribution >= 0.6 is 0 Å². The second-order valence-corrected chi connectivity index (χ2v) is 4.12. The minimum atomic E-state index is -0.211. The number of Topliss-reactive ketones (excluding diaryl/α,β-unsaturated/α-hetero) is 1. The van der Waals surface area contributed by atoms with Crippen LogP contribution in [0.4, 0.5) is 0 Å². The van der Waals surface area contributed by atoms with Gasteiger partial charge in [0.25, 0.3) is 0 Å². The summed E-state index contributed by atoms with van der Waals surface area (Å²) in [6, 6.07) is 6.93. The number of hydrazine groups is 1. The van der Waals surface area contributed by atoms with Crippen molar-refractivity contribution in [1.29, 1.82) is 0 Å². The molecule has 0 aliphatic rings. The molecule has 1 atom stereocenters. The lowest BCUT2D eigenvalue weighted by Gasteiger charge is -2.14. The van der Waals surface area contributed by atoms with E-state index in [0.717, 1.165) is 0 Å². The maximum absolute atomic E-state index is 11.1. The molecule has 1 aromatic carbocycles. The van der Waals surface area contributed by atoms with Gasteiger partial charge in [0.05, 0.1) is 6.10 Å². The van der Waals surface area contributed by atoms with Gasteiger partial charge in [0.1, 0.15) is 5.75 Å². The number of hydrogen-bond acceptors (Lipinski definition) is 4. The first-order valence-electron chi connectivity index (χ1n) is 5.80. The van der Waals surface area contributed by atoms with E-state index in [1.807, 2.05) is 6.92 Å². The molecule has 0 aliphatic heterocycles. The Hall–Kier alpha value is -1.88. The highest BCUT2D eigenvalue weighted by atomic mass is 16.5. The highest BCUT2D eigenvalue weighted by molar-refractivity contribution is 5.94. The van der Waals surface area contributed by atoms with E-state index in [2.05, 4.69) is 5.43 Å². The molecule has 98 valence electrons. The van der Waals surface area contributed by atoms with Crippen LogP contribution in [0.2, 0.25) is 0 Å². The third kappa shape index (κ3) is 4.55. The Morgan fingerprint density at radius 1 is 1.33 bits per heavy atom. The molecule has 18 heavy (non-hydrogen) atoms. The van der Waals surface area contributed by atoms with Crippen LogP contribution in [0.3, 0.4) is 0 Å². The summed E-state index contributed by atoms with van der Waals surface area (Å²) in [5.41, 5.74) is 2.72. The number of rotatable bonds is 6. The van der Waals surface area contributed by atoms with Crippen molar-refractivity contribution in [2.45, 2.75) is 32.8 Å². The molecule has 0 fully saturated rings. The van der Waals surface area contributed by atoms with Crippen LogP contribution in [0.25, 0.3) is 0 Å². The van der Waals surface area contributed by atoms with E-state index >= 15 is 0 Å². The average Bonchev–Trinajstić information content (AvgIpc) is 2.36. The Kier molecular flexibility index (Phi) is 5.32. The maximum atomic E-state index is 11.1. The van der Waals surface area contributed by atoms with Gasteiger partial charge in [0.15, 0.2) is 5.78 Å². The first kappa shape index (κ1) is 14.2. The highest BCUT2D eigenvalue weighted by Crippen LogP contribution is 2.15. The van der Waals surface area contributed by atoms with Crippen LogP contribution in [0.15, 0.2) is 24.3 Å². The topological polar surface area (TPSA) is 81.4 Å². The minimum absolute atomic E-state index is 0.0224. The first-order chi connectivity index (χ1) is 8.52. The quantitative estimate of drug-likeness (QED) is 0.346. The minimum Gasteiger partial charge on any atom is -0.491 e. The van der Waals surface area contributed by atoms with Crippen molar-refractivity contribution in [3.05, 3.63) is 29.8 Å². The van der Waals surface area contributed by atoms with Crippen LogP contribution in [0.5, 0.6) is 5.75 Å². The number of carbonyl (C=O) groups is 2. The lowest BCUT2D eigenvalue weighted by atomic mass is 10.1. The second kappa shape index (κ2) is 6.76. The van der Waals surface area contributed by atoms with Gasteiger partial charge in [-0.05, 0) is 44.5 Å². The number of ether oxygens (including phenoxy) is 1. The zero-order valence-electron chi connectivity index (χ0n) is 10.6. The molecule has 0 heterocycles. The SMILES string of the molecule is CC(=O)c1ccc(OC(C)CCC(=O)NN)cc1. The highest BCUT2D eigenvalue weighted by Gasteiger charge is 2.07. The first-order valence-corrected chi connectivity index (χ1v) is 5.80. The molecule has 0 aromatic heterocycles. The van der Waals surface area contributed by atoms with Crippen LogP contribution in [-0.4, -0.2) is 17.8 Å². The van der Waals surface area contributed by atoms with E-state index in [9.17, 15) is 9.59 Å². The van der Waals surface area contributed by atoms with Crippen molar-refractivity contribution in [2.75, 3.05) is 0 Å². The third-order valence-corrected chi connectivity index (χ3v) is 2.54. The number of carbonyl (C=O) groups excluding carboxylic acids is 2. The smallest absolute Gasteiger partial charge is 0.234 e. The van der Waals surface area contributed by atoms with E-state index in [1.54, 1.807) is 24.3 Å². The number of nitrogens with two attached hydrogens (primary N) is 1. The van der Waals surface area contributed by atoms with E-state index in [4.69, 9.17) is 10.6 Å². The summed E-state index contributed by atoms with van der Waals surface area (Å²) >= 11 is 0. The summed E-state index contributed by atoms with van der Waals surface area (Å²) in [7, 11) is 0. The number of amides is 1. The van der Waals surface area contributed by atoms with Gasteiger partial charge < -0.3 is 4.74 Å². The Bertz CT molecular complexity index is 415. The lowest BCUT2D eigenvalue weighted by Crippen LogP contribution is -2.30. The number of hydrogen-bond donors (Lipinski definition) is 2. The van der Waals surface area contributed by atoms with Crippen LogP contribution in [-0.2, 0) is 4.79 Å². The summed E-state index contributed by atoms with van der Waals surface area (Å²) in [5, 5.41) is 0. The normalized spacial score (nSPS) is 11.7. The van der Waals surface area contributed by atoms with Crippen molar-refractivity contribution >= 4 is 11.7 Å². The van der Waals surface area contributed by atoms with Gasteiger partial charge in [-0.25, -0.2) is 5.84 Å². The van der Waals surface area contributed by atoms with Crippen LogP contribution in [0, 0.1) is 0 Å². The van der Waals surface area contributed by atoms with Gasteiger partial charge in [-0.1, -0.05) is 0 Å². The Morgan fingerprint density at radius 2 is 1.94 bits per heavy atom. The van der Waals surface area contributed by atoms with Gasteiger partial charge in [0.2, 0.25) is 5.91 Å². The maximum Gasteiger partial charge on any atom is 0.234 e. The van der Waals surface area contributed by atoms with E-state index < -0.39 is 0 Å². The van der Waals surface area contributed by atoms with Gasteiger partial charge in [-0.15, -0.1) is 0 Å². The monoisotopic (exact) mass is 250 g/mol. The fraction of sp³-hybridized carbons (Fsp3) is 0.385. The summed E-state index contributed by atoms with van der Waals surface area (Å²) < 4.78 is 5.61. The molecular weight excluding hydrogens is 232 g/mol. The molecule has 0 saturated carbocycles. The molecule has 0 aliphatic carbocycles. The largest absolute Gasteiger partial charge is 0.491 e. The zero-order chi connectivity index (χ0) is 13.5. The summed E-state index contributed by atoms with van der Waals surface area (Å²) in [6.45, 7) is 3.40. The van der Waals surface area contributed by atoms with Gasteiger partial charge in [-0.2, -0.15) is 0 Å². The van der Waals surface area contributed by atoms with Crippen molar-refractivity contribution < 1.29 is 14.3 Å². The van der Waals surface area contributed by atoms with Gasteiger partial charge in [-0.3, -0.25) is 15.0 Å². The number of benzene rings is 1. The van der Waals surface area contributed by atoms with E-state index in [-0.39, 0.29) is 17.8 Å². The molecule has 0 bridgehead atoms. The second-order valence-electron chi connectivity index (χ2n) is 4.12. The van der Waals surface area contributed by atoms with Crippen molar-refractivity contribution in [2.24, 2.45) is 5.84 Å². The van der Waals surface area contributed by atoms with Crippen molar-refractivity contribution in [3.63, 3.8) is 0 Å². The standard InChI is InChI=1S/C13H18N2O3/c1-9(3-8-13(17)15-14)18-12-6-4-11(5-7-12)10(2)16/h4-7,9H,3,8,14H2,1-2H3,(H,15,17). The predicted molar refractivity (Wildman–Crippen MR) is 68.1 cm³/mol. The number of ketones is 1. The van der Waals surface area contributed by atoms with Crippen LogP contribution < -0.4 is 16.0 Å². The average molecular weight is 250 g/mol. The molecule has 5 heteroatoms. The van der Waals surface area contributed by atoms with Gasteiger partial charge >= 0.3 is 0 Å². The molecule has 1 amide bonds. The van der Waals surface area contributed by atoms with E-state index in [0.29, 0.717) is 24.2 Å². The van der Waals surface area contributed by atoms with Crippen LogP contribution in [0.1, 0.15) is 37.0 Å². The molecule has 5 nitrogen and oxygen atoms in total. The fourth-order valence-electron chi connectivity index (χ4n) is 1.47. The van der Waals surface area contributed by atoms with Crippen molar-refractivity contribution in [3.8, 4) is 5.75 Å². The molecule has 3 N–H and O–H groups in total. The fourth-order valence-corrected chi connectivity index (χ4v) is 1.47. The molecule has 0 saturated heterocycles. The molecule has 1 unspecified atom stereocenters. The molecule has 1 aromatic rings. The molecule has 0 spiro atoms. The van der Waals surface area contributed by atoms with E-state index in [1.165, 1.54) is 6.92 Å². The lowest BCUT2D eigenvalue weighted by molar-refractivity contribution is -0.121. The third-order valence-electron chi connectivity index (χ3n) is 2.54. The zero-order valence-corrected chi connectivity index (χ0v) is 10.6. The molecule has 0 radical (unpaired) electrons. The summed E-state index contributed by atoms with van der Waals surface area (Å²) in [5.74, 6) is 5.48. The Morgan fingerprint density at radius 3 is 2.44 bits per heavy atom. The number of nitrogens with one attached hydrogen (secondary N) is 1. The Balaban J connectivity index is 2.46. The summed E-state index contributed by atoms with van der Waals surface area (Å²) in [4.78, 5) is 22.1. The van der Waals surface area contributed by atoms with Crippen molar-refractivity contribution in [1.82, 2.24) is 5.43 Å². The predicted octanol–water partition coefficient (Wildman–Crippen LogP) is 1.43. The Labute approximate surface area is 106 Å².